The lowest BCUT2D eigenvalue weighted by Crippen LogP contribution is -1.89. The molecule has 0 aliphatic heterocycles. The van der Waals surface area contributed by atoms with Crippen molar-refractivity contribution in [3.05, 3.63) is 59.7 Å². The summed E-state index contributed by atoms with van der Waals surface area (Å²) in [5.41, 5.74) is 5.40. The minimum absolute atomic E-state index is 0.587. The van der Waals surface area contributed by atoms with Gasteiger partial charge < -0.3 is 0 Å². The number of aryl methyl sites for hydroxylation is 1. The smallest absolute Gasteiger partial charge is 0.0155 e. The van der Waals surface area contributed by atoms with Crippen LogP contribution in [0.1, 0.15) is 30.9 Å². The lowest BCUT2D eigenvalue weighted by atomic mass is 9.95. The van der Waals surface area contributed by atoms with Gasteiger partial charge in [-0.25, -0.2) is 0 Å². The lowest BCUT2D eigenvalue weighted by Gasteiger charge is -2.10. The highest BCUT2D eigenvalue weighted by atomic mass is 14.1. The molecule has 0 heteroatoms. The summed E-state index contributed by atoms with van der Waals surface area (Å²) in [7, 11) is 0. The average Bonchev–Trinajstić information content (AvgIpc) is 2.30. The molecule has 0 radical (unpaired) electrons. The summed E-state index contributed by atoms with van der Waals surface area (Å²) in [6, 6.07) is 17.4. The second kappa shape index (κ2) is 4.52. The number of hydrogen-bond acceptors (Lipinski definition) is 0. The van der Waals surface area contributed by atoms with Gasteiger partial charge in [-0.2, -0.15) is 0 Å². The predicted octanol–water partition coefficient (Wildman–Crippen LogP) is 4.79. The molecular formula is C16H18. The van der Waals surface area contributed by atoms with Gasteiger partial charge in [-0.1, -0.05) is 62.4 Å². The van der Waals surface area contributed by atoms with Gasteiger partial charge in [0.2, 0.25) is 0 Å². The van der Waals surface area contributed by atoms with E-state index < -0.39 is 0 Å². The van der Waals surface area contributed by atoms with E-state index in [1.54, 1.807) is 0 Å². The van der Waals surface area contributed by atoms with Crippen LogP contribution in [0.3, 0.4) is 0 Å². The van der Waals surface area contributed by atoms with Crippen molar-refractivity contribution < 1.29 is 0 Å². The highest BCUT2D eigenvalue weighted by Crippen LogP contribution is 2.26. The molecule has 2 rings (SSSR count). The van der Waals surface area contributed by atoms with E-state index in [-0.39, 0.29) is 0 Å². The van der Waals surface area contributed by atoms with Crippen LogP contribution in [0.25, 0.3) is 11.1 Å². The minimum Gasteiger partial charge on any atom is -0.0620 e. The van der Waals surface area contributed by atoms with Gasteiger partial charge in [0.25, 0.3) is 0 Å². The summed E-state index contributed by atoms with van der Waals surface area (Å²) in [6.07, 6.45) is 0. The molecule has 0 nitrogen and oxygen atoms in total. The Morgan fingerprint density at radius 2 is 1.62 bits per heavy atom. The number of hydrogen-bond donors (Lipinski definition) is 0. The van der Waals surface area contributed by atoms with E-state index in [0.29, 0.717) is 5.92 Å². The first kappa shape index (κ1) is 10.9. The monoisotopic (exact) mass is 210 g/mol. The Hall–Kier alpha value is -1.56. The van der Waals surface area contributed by atoms with Gasteiger partial charge >= 0.3 is 0 Å². The second-order valence-corrected chi connectivity index (χ2v) is 4.60. The highest BCUT2D eigenvalue weighted by Gasteiger charge is 2.03. The molecule has 0 bridgehead atoms. The first-order valence-corrected chi connectivity index (χ1v) is 5.84. The zero-order chi connectivity index (χ0) is 11.5. The molecule has 2 aromatic rings. The van der Waals surface area contributed by atoms with Crippen molar-refractivity contribution in [1.82, 2.24) is 0 Å². The second-order valence-electron chi connectivity index (χ2n) is 4.60. The summed E-state index contributed by atoms with van der Waals surface area (Å²) in [6.45, 7) is 6.63. The van der Waals surface area contributed by atoms with Crippen LogP contribution in [0.15, 0.2) is 48.5 Å². The van der Waals surface area contributed by atoms with Gasteiger partial charge in [0, 0.05) is 0 Å². The van der Waals surface area contributed by atoms with Crippen LogP contribution >= 0.6 is 0 Å². The molecule has 0 unspecified atom stereocenters. The first-order valence-electron chi connectivity index (χ1n) is 5.84. The lowest BCUT2D eigenvalue weighted by molar-refractivity contribution is 0.867. The quantitative estimate of drug-likeness (QED) is 0.668. The van der Waals surface area contributed by atoms with Crippen molar-refractivity contribution in [2.45, 2.75) is 26.7 Å². The van der Waals surface area contributed by atoms with E-state index in [1.165, 1.54) is 22.3 Å². The Kier molecular flexibility index (Phi) is 3.09. The van der Waals surface area contributed by atoms with Crippen LogP contribution in [0.2, 0.25) is 0 Å². The molecule has 0 saturated carbocycles. The van der Waals surface area contributed by atoms with E-state index in [4.69, 9.17) is 0 Å². The fourth-order valence-corrected chi connectivity index (χ4v) is 1.96. The maximum Gasteiger partial charge on any atom is -0.0155 e. The van der Waals surface area contributed by atoms with E-state index in [2.05, 4.69) is 69.3 Å². The molecular weight excluding hydrogens is 192 g/mol. The molecule has 82 valence electrons. The Morgan fingerprint density at radius 1 is 0.875 bits per heavy atom. The van der Waals surface area contributed by atoms with Gasteiger partial charge in [0.15, 0.2) is 0 Å². The Morgan fingerprint density at radius 3 is 2.31 bits per heavy atom. The van der Waals surface area contributed by atoms with E-state index in [0.717, 1.165) is 0 Å². The first-order chi connectivity index (χ1) is 7.68. The van der Waals surface area contributed by atoms with Gasteiger partial charge in [-0.15, -0.1) is 0 Å². The summed E-state index contributed by atoms with van der Waals surface area (Å²) in [5, 5.41) is 0. The van der Waals surface area contributed by atoms with Crippen LogP contribution in [-0.4, -0.2) is 0 Å². The van der Waals surface area contributed by atoms with Crippen LogP contribution < -0.4 is 0 Å². The molecule has 16 heavy (non-hydrogen) atoms. The number of benzene rings is 2. The van der Waals surface area contributed by atoms with Crippen molar-refractivity contribution in [3.63, 3.8) is 0 Å². The van der Waals surface area contributed by atoms with Crippen molar-refractivity contribution >= 4 is 0 Å². The van der Waals surface area contributed by atoms with E-state index in [1.807, 2.05) is 0 Å². The van der Waals surface area contributed by atoms with Crippen LogP contribution in [0, 0.1) is 6.92 Å². The Bertz CT molecular complexity index is 481. The zero-order valence-electron chi connectivity index (χ0n) is 10.2. The maximum atomic E-state index is 2.30. The van der Waals surface area contributed by atoms with Crippen LogP contribution in [-0.2, 0) is 0 Å². The molecule has 0 aromatic heterocycles. The molecule has 0 atom stereocenters. The minimum atomic E-state index is 0.587. The van der Waals surface area contributed by atoms with Gasteiger partial charge in [-0.05, 0) is 35.1 Å². The maximum absolute atomic E-state index is 2.30. The van der Waals surface area contributed by atoms with Crippen LogP contribution in [0.4, 0.5) is 0 Å². The van der Waals surface area contributed by atoms with Crippen molar-refractivity contribution in [2.24, 2.45) is 0 Å². The molecule has 2 aromatic carbocycles. The molecule has 0 spiro atoms. The van der Waals surface area contributed by atoms with Gasteiger partial charge in [-0.3, -0.25) is 0 Å². The summed E-state index contributed by atoms with van der Waals surface area (Å²) < 4.78 is 0. The largest absolute Gasteiger partial charge is 0.0620 e. The van der Waals surface area contributed by atoms with Gasteiger partial charge in [0.05, 0.1) is 0 Å². The van der Waals surface area contributed by atoms with Crippen molar-refractivity contribution in [3.8, 4) is 11.1 Å². The van der Waals surface area contributed by atoms with Gasteiger partial charge in [0.1, 0.15) is 0 Å². The van der Waals surface area contributed by atoms with E-state index >= 15 is 0 Å². The normalized spacial score (nSPS) is 10.8. The molecule has 0 amide bonds. The third kappa shape index (κ3) is 2.16. The van der Waals surface area contributed by atoms with Crippen molar-refractivity contribution in [2.75, 3.05) is 0 Å². The summed E-state index contributed by atoms with van der Waals surface area (Å²) in [5.74, 6) is 0.587. The SMILES string of the molecule is Cc1ccccc1-c1cccc(C(C)C)c1. The topological polar surface area (TPSA) is 0 Å². The molecule has 0 heterocycles. The third-order valence-electron chi connectivity index (χ3n) is 3.01. The highest BCUT2D eigenvalue weighted by molar-refractivity contribution is 5.67. The molecule has 0 fully saturated rings. The molecule has 0 saturated heterocycles. The summed E-state index contributed by atoms with van der Waals surface area (Å²) >= 11 is 0. The summed E-state index contributed by atoms with van der Waals surface area (Å²) in [4.78, 5) is 0. The fraction of sp³-hybridized carbons (Fsp3) is 0.250. The number of rotatable bonds is 2. The third-order valence-corrected chi connectivity index (χ3v) is 3.01. The average molecular weight is 210 g/mol. The Balaban J connectivity index is 2.49. The van der Waals surface area contributed by atoms with Crippen molar-refractivity contribution in [1.29, 1.82) is 0 Å². The molecule has 0 N–H and O–H groups in total. The predicted molar refractivity (Wildman–Crippen MR) is 70.7 cm³/mol. The fourth-order valence-electron chi connectivity index (χ4n) is 1.96. The van der Waals surface area contributed by atoms with E-state index in [9.17, 15) is 0 Å². The molecule has 0 aliphatic rings. The zero-order valence-corrected chi connectivity index (χ0v) is 10.2. The van der Waals surface area contributed by atoms with Crippen LogP contribution in [0.5, 0.6) is 0 Å². The molecule has 0 aliphatic carbocycles. The standard InChI is InChI=1S/C16H18/c1-12(2)14-8-6-9-15(11-14)16-10-5-4-7-13(16)3/h4-12H,1-3H3. The Labute approximate surface area is 97.9 Å².